The van der Waals surface area contributed by atoms with Crippen LogP contribution in [0.5, 0.6) is 0 Å². The van der Waals surface area contributed by atoms with Gasteiger partial charge in [0.1, 0.15) is 0 Å². The molecular formula is C11H9ClNS. The molecule has 2 rings (SSSR count). The van der Waals surface area contributed by atoms with Crippen LogP contribution in [0.3, 0.4) is 0 Å². The van der Waals surface area contributed by atoms with Crippen molar-refractivity contribution in [2.75, 3.05) is 5.73 Å². The van der Waals surface area contributed by atoms with Crippen LogP contribution in [-0.2, 0) is 6.42 Å². The standard InChI is InChI=1S/C11H9ClNS/c12-9-4-3-8(11(13)7-9)6-10-2-1-5-14-10/h1-3,5,7H,6,13H2. The highest BCUT2D eigenvalue weighted by molar-refractivity contribution is 7.09. The molecular weight excluding hydrogens is 214 g/mol. The van der Waals surface area contributed by atoms with E-state index in [1.165, 1.54) is 4.88 Å². The predicted molar refractivity (Wildman–Crippen MR) is 61.8 cm³/mol. The Morgan fingerprint density at radius 1 is 1.50 bits per heavy atom. The molecule has 1 aromatic carbocycles. The maximum Gasteiger partial charge on any atom is 0.0505 e. The fourth-order valence-electron chi connectivity index (χ4n) is 1.26. The lowest BCUT2D eigenvalue weighted by molar-refractivity contribution is 1.24. The zero-order valence-electron chi connectivity index (χ0n) is 7.46. The highest BCUT2D eigenvalue weighted by Gasteiger charge is 2.02. The lowest BCUT2D eigenvalue weighted by Gasteiger charge is -2.03. The van der Waals surface area contributed by atoms with E-state index in [2.05, 4.69) is 17.5 Å². The van der Waals surface area contributed by atoms with E-state index in [1.807, 2.05) is 12.1 Å². The van der Waals surface area contributed by atoms with Crippen LogP contribution >= 0.6 is 22.9 Å². The zero-order chi connectivity index (χ0) is 9.97. The van der Waals surface area contributed by atoms with E-state index < -0.39 is 0 Å². The quantitative estimate of drug-likeness (QED) is 0.775. The Morgan fingerprint density at radius 2 is 2.36 bits per heavy atom. The first-order chi connectivity index (χ1) is 6.75. The molecule has 71 valence electrons. The van der Waals surface area contributed by atoms with Gasteiger partial charge in [0.2, 0.25) is 0 Å². The van der Waals surface area contributed by atoms with Gasteiger partial charge in [0, 0.05) is 23.1 Å². The summed E-state index contributed by atoms with van der Waals surface area (Å²) in [6.45, 7) is 0. The van der Waals surface area contributed by atoms with Crippen molar-refractivity contribution in [3.05, 3.63) is 51.2 Å². The van der Waals surface area contributed by atoms with Crippen LogP contribution in [0.25, 0.3) is 0 Å². The van der Waals surface area contributed by atoms with Crippen LogP contribution in [0.1, 0.15) is 10.4 Å². The van der Waals surface area contributed by atoms with Crippen molar-refractivity contribution in [3.63, 3.8) is 0 Å². The van der Waals surface area contributed by atoms with Crippen LogP contribution < -0.4 is 5.73 Å². The van der Waals surface area contributed by atoms with Gasteiger partial charge in [-0.3, -0.25) is 0 Å². The minimum absolute atomic E-state index is 0.567. The minimum Gasteiger partial charge on any atom is -0.398 e. The van der Waals surface area contributed by atoms with Crippen LogP contribution in [0.2, 0.25) is 5.02 Å². The number of halogens is 1. The molecule has 0 saturated heterocycles. The second-order valence-corrected chi connectivity index (χ2v) is 4.46. The van der Waals surface area contributed by atoms with Crippen molar-refractivity contribution < 1.29 is 0 Å². The normalized spacial score (nSPS) is 10.4. The molecule has 0 aliphatic rings. The van der Waals surface area contributed by atoms with Gasteiger partial charge in [0.05, 0.1) is 5.02 Å². The third-order valence-electron chi connectivity index (χ3n) is 1.98. The van der Waals surface area contributed by atoms with Crippen LogP contribution in [0.4, 0.5) is 5.69 Å². The molecule has 0 atom stereocenters. The molecule has 3 heteroatoms. The molecule has 0 bridgehead atoms. The van der Waals surface area contributed by atoms with E-state index in [0.717, 1.165) is 17.7 Å². The van der Waals surface area contributed by atoms with Crippen molar-refractivity contribution >= 4 is 28.6 Å². The van der Waals surface area contributed by atoms with Crippen molar-refractivity contribution in [1.29, 1.82) is 0 Å². The number of benzene rings is 1. The fraction of sp³-hybridized carbons (Fsp3) is 0.0909. The number of anilines is 1. The summed E-state index contributed by atoms with van der Waals surface area (Å²) in [6, 6.07) is 10.7. The Bertz CT molecular complexity index is 423. The number of hydrogen-bond acceptors (Lipinski definition) is 2. The number of nitrogens with two attached hydrogens (primary N) is 1. The number of nitrogen functional groups attached to an aromatic ring is 1. The molecule has 0 amide bonds. The van der Waals surface area contributed by atoms with Crippen LogP contribution in [0, 0.1) is 6.07 Å². The van der Waals surface area contributed by atoms with E-state index >= 15 is 0 Å². The largest absolute Gasteiger partial charge is 0.398 e. The lowest BCUT2D eigenvalue weighted by atomic mass is 10.1. The number of thiophene rings is 1. The van der Waals surface area contributed by atoms with E-state index in [0.29, 0.717) is 5.02 Å². The lowest BCUT2D eigenvalue weighted by Crippen LogP contribution is -1.94. The summed E-state index contributed by atoms with van der Waals surface area (Å²) in [7, 11) is 0. The van der Waals surface area contributed by atoms with E-state index in [-0.39, 0.29) is 0 Å². The third kappa shape index (κ3) is 2.08. The molecule has 1 radical (unpaired) electrons. The van der Waals surface area contributed by atoms with Gasteiger partial charge in [-0.05, 0) is 29.1 Å². The molecule has 0 aliphatic heterocycles. The molecule has 1 heterocycles. The molecule has 2 aromatic rings. The molecule has 0 spiro atoms. The summed E-state index contributed by atoms with van der Waals surface area (Å²) in [5, 5.41) is 2.63. The first-order valence-electron chi connectivity index (χ1n) is 4.23. The van der Waals surface area contributed by atoms with Crippen molar-refractivity contribution in [3.8, 4) is 0 Å². The Balaban J connectivity index is 2.25. The van der Waals surface area contributed by atoms with Crippen LogP contribution in [0.15, 0.2) is 29.6 Å². The summed E-state index contributed by atoms with van der Waals surface area (Å²) in [5.41, 5.74) is 7.66. The summed E-state index contributed by atoms with van der Waals surface area (Å²) in [5.74, 6) is 0. The molecule has 1 nitrogen and oxygen atoms in total. The summed E-state index contributed by atoms with van der Waals surface area (Å²) < 4.78 is 0. The van der Waals surface area contributed by atoms with E-state index in [1.54, 1.807) is 17.4 Å². The fourth-order valence-corrected chi connectivity index (χ4v) is 2.16. The molecule has 0 aliphatic carbocycles. The molecule has 2 N–H and O–H groups in total. The van der Waals surface area contributed by atoms with Crippen LogP contribution in [-0.4, -0.2) is 0 Å². The first kappa shape index (κ1) is 9.56. The average molecular weight is 223 g/mol. The maximum atomic E-state index is 5.84. The molecule has 1 aromatic heterocycles. The second-order valence-electron chi connectivity index (χ2n) is 3.02. The SMILES string of the molecule is Nc1cc(Cl)[c]cc1Cc1cccs1. The summed E-state index contributed by atoms with van der Waals surface area (Å²) >= 11 is 7.49. The Kier molecular flexibility index (Phi) is 2.75. The topological polar surface area (TPSA) is 26.0 Å². The first-order valence-corrected chi connectivity index (χ1v) is 5.49. The van der Waals surface area contributed by atoms with Gasteiger partial charge in [-0.25, -0.2) is 0 Å². The maximum absolute atomic E-state index is 5.84. The molecule has 0 saturated carbocycles. The number of rotatable bonds is 2. The van der Waals surface area contributed by atoms with Gasteiger partial charge in [-0.15, -0.1) is 11.3 Å². The van der Waals surface area contributed by atoms with Gasteiger partial charge >= 0.3 is 0 Å². The second kappa shape index (κ2) is 4.03. The molecule has 0 fully saturated rings. The highest BCUT2D eigenvalue weighted by atomic mass is 35.5. The van der Waals surface area contributed by atoms with Gasteiger partial charge in [0.25, 0.3) is 0 Å². The Morgan fingerprint density at radius 3 is 3.00 bits per heavy atom. The molecule has 14 heavy (non-hydrogen) atoms. The predicted octanol–water partition coefficient (Wildman–Crippen LogP) is 3.37. The third-order valence-corrected chi connectivity index (χ3v) is 3.08. The monoisotopic (exact) mass is 222 g/mol. The van der Waals surface area contributed by atoms with E-state index in [9.17, 15) is 0 Å². The number of hydrogen-bond donors (Lipinski definition) is 1. The Hall–Kier alpha value is -0.990. The summed E-state index contributed by atoms with van der Waals surface area (Å²) in [6.07, 6.45) is 0.858. The van der Waals surface area contributed by atoms with E-state index in [4.69, 9.17) is 17.3 Å². The molecule has 0 unspecified atom stereocenters. The minimum atomic E-state index is 0.567. The van der Waals surface area contributed by atoms with Gasteiger partial charge in [-0.2, -0.15) is 0 Å². The Labute approximate surface area is 92.1 Å². The summed E-state index contributed by atoms with van der Waals surface area (Å²) in [4.78, 5) is 1.30. The van der Waals surface area contributed by atoms with Gasteiger partial charge in [0.15, 0.2) is 0 Å². The van der Waals surface area contributed by atoms with Crippen molar-refractivity contribution in [2.45, 2.75) is 6.42 Å². The van der Waals surface area contributed by atoms with Crippen molar-refractivity contribution in [2.24, 2.45) is 0 Å². The zero-order valence-corrected chi connectivity index (χ0v) is 9.03. The highest BCUT2D eigenvalue weighted by Crippen LogP contribution is 2.22. The average Bonchev–Trinajstić information content (AvgIpc) is 2.62. The smallest absolute Gasteiger partial charge is 0.0505 e. The van der Waals surface area contributed by atoms with Gasteiger partial charge < -0.3 is 5.73 Å². The van der Waals surface area contributed by atoms with Gasteiger partial charge in [-0.1, -0.05) is 17.7 Å². The van der Waals surface area contributed by atoms with Crippen molar-refractivity contribution in [1.82, 2.24) is 0 Å².